The number of hydrogen-bond acceptors (Lipinski definition) is 1. The van der Waals surface area contributed by atoms with Gasteiger partial charge in [-0.25, -0.2) is 0 Å². The summed E-state index contributed by atoms with van der Waals surface area (Å²) in [5.74, 6) is 1.33. The largest absolute Gasteiger partial charge is 0.257 e. The summed E-state index contributed by atoms with van der Waals surface area (Å²) in [4.78, 5) is 5.07. The summed E-state index contributed by atoms with van der Waals surface area (Å²) in [5, 5.41) is 0. The highest BCUT2D eigenvalue weighted by Gasteiger charge is 2.35. The zero-order chi connectivity index (χ0) is 13.1. The first-order valence-electron chi connectivity index (χ1n) is 7.45. The molecule has 2 atom stereocenters. The van der Waals surface area contributed by atoms with Crippen molar-refractivity contribution in [1.82, 2.24) is 4.98 Å². The number of fused-ring (bicyclic) bond motifs is 2. The van der Waals surface area contributed by atoms with Crippen LogP contribution < -0.4 is 0 Å². The van der Waals surface area contributed by atoms with Crippen molar-refractivity contribution in [3.05, 3.63) is 28.1 Å². The summed E-state index contributed by atoms with van der Waals surface area (Å²) in [5.41, 5.74) is 7.97. The topological polar surface area (TPSA) is 12.9 Å². The van der Waals surface area contributed by atoms with Crippen molar-refractivity contribution in [3.8, 4) is 0 Å². The van der Waals surface area contributed by atoms with Gasteiger partial charge in [0.2, 0.25) is 0 Å². The molecule has 1 nitrogen and oxygen atoms in total. The van der Waals surface area contributed by atoms with E-state index in [2.05, 4.69) is 34.6 Å². The van der Waals surface area contributed by atoms with Gasteiger partial charge in [0.15, 0.2) is 0 Å². The Labute approximate surface area is 111 Å². The molecule has 98 valence electrons. The highest BCUT2D eigenvalue weighted by atomic mass is 14.8. The molecule has 3 rings (SSSR count). The lowest BCUT2D eigenvalue weighted by Gasteiger charge is -2.27. The Kier molecular flexibility index (Phi) is 2.59. The van der Waals surface area contributed by atoms with E-state index in [1.54, 1.807) is 16.7 Å². The molecule has 1 aromatic heterocycles. The Morgan fingerprint density at radius 3 is 1.72 bits per heavy atom. The normalized spacial score (nSPS) is 26.3. The monoisotopic (exact) mass is 243 g/mol. The second-order valence-corrected chi connectivity index (χ2v) is 7.34. The van der Waals surface area contributed by atoms with Gasteiger partial charge in [0, 0.05) is 11.4 Å². The highest BCUT2D eigenvalue weighted by molar-refractivity contribution is 5.50. The van der Waals surface area contributed by atoms with Gasteiger partial charge < -0.3 is 0 Å². The van der Waals surface area contributed by atoms with Gasteiger partial charge in [-0.15, -0.1) is 0 Å². The molecule has 0 saturated heterocycles. The molecule has 0 aromatic carbocycles. The third-order valence-electron chi connectivity index (χ3n) is 4.80. The van der Waals surface area contributed by atoms with E-state index in [1.807, 2.05) is 0 Å². The van der Waals surface area contributed by atoms with Crippen LogP contribution in [0.1, 0.15) is 87.4 Å². The minimum Gasteiger partial charge on any atom is -0.257 e. The molecule has 2 unspecified atom stereocenters. The van der Waals surface area contributed by atoms with E-state index in [1.165, 1.54) is 37.1 Å². The van der Waals surface area contributed by atoms with Crippen molar-refractivity contribution in [2.45, 2.75) is 77.6 Å². The minimum atomic E-state index is 0.269. The van der Waals surface area contributed by atoms with Gasteiger partial charge in [-0.1, -0.05) is 34.6 Å². The predicted octanol–water partition coefficient (Wildman–Crippen LogP) is 4.48. The Bertz CT molecular complexity index is 457. The molecule has 0 radical (unpaired) electrons. The van der Waals surface area contributed by atoms with Crippen LogP contribution >= 0.6 is 0 Å². The molecule has 1 heterocycles. The molecule has 0 N–H and O–H groups in total. The fourth-order valence-electron chi connectivity index (χ4n) is 3.92. The van der Waals surface area contributed by atoms with Crippen LogP contribution in [0.4, 0.5) is 0 Å². The smallest absolute Gasteiger partial charge is 0.0470 e. The van der Waals surface area contributed by atoms with Crippen LogP contribution in [-0.4, -0.2) is 4.98 Å². The summed E-state index contributed by atoms with van der Waals surface area (Å²) in [7, 11) is 0. The summed E-state index contributed by atoms with van der Waals surface area (Å²) in [6, 6.07) is 0. The second-order valence-electron chi connectivity index (χ2n) is 7.34. The molecular weight excluding hydrogens is 218 g/mol. The number of hydrogen-bond donors (Lipinski definition) is 0. The van der Waals surface area contributed by atoms with Crippen molar-refractivity contribution in [3.63, 3.8) is 0 Å². The summed E-state index contributed by atoms with van der Waals surface area (Å²) >= 11 is 0. The lowest BCUT2D eigenvalue weighted by atomic mass is 9.79. The van der Waals surface area contributed by atoms with Crippen LogP contribution in [0.3, 0.4) is 0 Å². The number of rotatable bonds is 0. The van der Waals surface area contributed by atoms with Gasteiger partial charge >= 0.3 is 0 Å². The van der Waals surface area contributed by atoms with Gasteiger partial charge in [-0.3, -0.25) is 4.98 Å². The van der Waals surface area contributed by atoms with Crippen molar-refractivity contribution in [2.24, 2.45) is 0 Å². The molecule has 2 aliphatic rings. The van der Waals surface area contributed by atoms with E-state index in [0.717, 1.165) is 0 Å². The predicted molar refractivity (Wildman–Crippen MR) is 76.4 cm³/mol. The van der Waals surface area contributed by atoms with E-state index in [0.29, 0.717) is 11.8 Å². The zero-order valence-corrected chi connectivity index (χ0v) is 12.4. The van der Waals surface area contributed by atoms with Crippen molar-refractivity contribution >= 4 is 0 Å². The van der Waals surface area contributed by atoms with Gasteiger partial charge in [0.05, 0.1) is 0 Å². The molecule has 0 spiro atoms. The number of pyridine rings is 1. The van der Waals surface area contributed by atoms with Crippen LogP contribution in [0.5, 0.6) is 0 Å². The van der Waals surface area contributed by atoms with E-state index < -0.39 is 0 Å². The maximum atomic E-state index is 5.07. The van der Waals surface area contributed by atoms with Crippen LogP contribution in [0.15, 0.2) is 0 Å². The molecule has 0 amide bonds. The van der Waals surface area contributed by atoms with E-state index in [9.17, 15) is 0 Å². The van der Waals surface area contributed by atoms with Crippen LogP contribution in [0.2, 0.25) is 0 Å². The van der Waals surface area contributed by atoms with Crippen molar-refractivity contribution < 1.29 is 0 Å². The minimum absolute atomic E-state index is 0.269. The molecule has 2 aliphatic carbocycles. The van der Waals surface area contributed by atoms with Gasteiger partial charge in [-0.05, 0) is 59.6 Å². The third kappa shape index (κ3) is 1.63. The Balaban J connectivity index is 2.30. The average molecular weight is 243 g/mol. The SMILES string of the molecule is CC1CCc2c1nc1c(c2C(C)(C)C)CCC1C. The first-order chi connectivity index (χ1) is 8.39. The van der Waals surface area contributed by atoms with Crippen molar-refractivity contribution in [1.29, 1.82) is 0 Å². The quantitative estimate of drug-likeness (QED) is 0.654. The van der Waals surface area contributed by atoms with E-state index in [-0.39, 0.29) is 5.41 Å². The van der Waals surface area contributed by atoms with Crippen LogP contribution in [0, 0.1) is 0 Å². The molecule has 18 heavy (non-hydrogen) atoms. The lowest BCUT2D eigenvalue weighted by Crippen LogP contribution is -2.19. The molecule has 1 aromatic rings. The van der Waals surface area contributed by atoms with Crippen LogP contribution in [0.25, 0.3) is 0 Å². The fraction of sp³-hybridized carbons (Fsp3) is 0.706. The van der Waals surface area contributed by atoms with Crippen LogP contribution in [-0.2, 0) is 18.3 Å². The highest BCUT2D eigenvalue weighted by Crippen LogP contribution is 2.45. The molecule has 0 fully saturated rings. The van der Waals surface area contributed by atoms with Crippen molar-refractivity contribution in [2.75, 3.05) is 0 Å². The van der Waals surface area contributed by atoms with E-state index >= 15 is 0 Å². The molecule has 0 saturated carbocycles. The Hall–Kier alpha value is -0.850. The molecule has 1 heteroatoms. The first kappa shape index (κ1) is 12.2. The zero-order valence-electron chi connectivity index (χ0n) is 12.4. The number of nitrogens with zero attached hydrogens (tertiary/aromatic N) is 1. The van der Waals surface area contributed by atoms with Gasteiger partial charge in [0.25, 0.3) is 0 Å². The van der Waals surface area contributed by atoms with E-state index in [4.69, 9.17) is 4.98 Å². The first-order valence-corrected chi connectivity index (χ1v) is 7.45. The summed E-state index contributed by atoms with van der Waals surface area (Å²) in [6.07, 6.45) is 5.08. The third-order valence-corrected chi connectivity index (χ3v) is 4.80. The van der Waals surface area contributed by atoms with Gasteiger partial charge in [-0.2, -0.15) is 0 Å². The standard InChI is InChI=1S/C17H25N/c1-10-6-8-12-14(17(3,4)5)13-9-7-11(2)16(13)18-15(10)12/h10-11H,6-9H2,1-5H3. The summed E-state index contributed by atoms with van der Waals surface area (Å²) < 4.78 is 0. The summed E-state index contributed by atoms with van der Waals surface area (Å²) in [6.45, 7) is 11.8. The number of aromatic nitrogens is 1. The Morgan fingerprint density at radius 1 is 0.889 bits per heavy atom. The maximum absolute atomic E-state index is 5.07. The molecule has 0 aliphatic heterocycles. The average Bonchev–Trinajstić information content (AvgIpc) is 2.81. The maximum Gasteiger partial charge on any atom is 0.0470 e. The molecule has 0 bridgehead atoms. The lowest BCUT2D eigenvalue weighted by molar-refractivity contribution is 0.575. The van der Waals surface area contributed by atoms with Gasteiger partial charge in [0.1, 0.15) is 0 Å². The second kappa shape index (κ2) is 3.82. The molecular formula is C17H25N. The Morgan fingerprint density at radius 2 is 1.33 bits per heavy atom. The fourth-order valence-corrected chi connectivity index (χ4v) is 3.92.